The normalized spacial score (nSPS) is 10.4. The molecule has 0 radical (unpaired) electrons. The zero-order valence-corrected chi connectivity index (χ0v) is 12.2. The first kappa shape index (κ1) is 15.8. The number of carbonyl (C=O) groups is 2. The highest BCUT2D eigenvalue weighted by Crippen LogP contribution is 2.24. The standard InChI is InChI=1S/C12H15Cl2N3O2/c1-17(2)6-5-15-11(18)12(19)16-8-3-4-9(13)10(14)7-8/h3-4,7H,5-6H2,1-2H3,(H,15,18)(H,16,19). The summed E-state index contributed by atoms with van der Waals surface area (Å²) in [7, 11) is 3.75. The molecule has 19 heavy (non-hydrogen) atoms. The van der Waals surface area contributed by atoms with E-state index in [9.17, 15) is 9.59 Å². The van der Waals surface area contributed by atoms with Crippen molar-refractivity contribution in [3.8, 4) is 0 Å². The van der Waals surface area contributed by atoms with E-state index in [0.29, 0.717) is 28.8 Å². The van der Waals surface area contributed by atoms with Gasteiger partial charge in [0.15, 0.2) is 0 Å². The summed E-state index contributed by atoms with van der Waals surface area (Å²) in [5.74, 6) is -1.43. The Morgan fingerprint density at radius 3 is 2.42 bits per heavy atom. The van der Waals surface area contributed by atoms with Crippen LogP contribution in [0.15, 0.2) is 18.2 Å². The van der Waals surface area contributed by atoms with Crippen molar-refractivity contribution >= 4 is 40.7 Å². The van der Waals surface area contributed by atoms with Crippen LogP contribution in [0.3, 0.4) is 0 Å². The number of hydrogen-bond donors (Lipinski definition) is 2. The maximum Gasteiger partial charge on any atom is 0.313 e. The fourth-order valence-corrected chi connectivity index (χ4v) is 1.53. The third-order valence-corrected chi connectivity index (χ3v) is 2.97. The summed E-state index contributed by atoms with van der Waals surface area (Å²) < 4.78 is 0. The van der Waals surface area contributed by atoms with Gasteiger partial charge in [0.25, 0.3) is 0 Å². The van der Waals surface area contributed by atoms with Gasteiger partial charge in [-0.1, -0.05) is 23.2 Å². The monoisotopic (exact) mass is 303 g/mol. The zero-order chi connectivity index (χ0) is 14.4. The molecule has 5 nitrogen and oxygen atoms in total. The van der Waals surface area contributed by atoms with Crippen LogP contribution in [0.4, 0.5) is 5.69 Å². The fourth-order valence-electron chi connectivity index (χ4n) is 1.24. The quantitative estimate of drug-likeness (QED) is 0.831. The Morgan fingerprint density at radius 2 is 1.84 bits per heavy atom. The van der Waals surface area contributed by atoms with Gasteiger partial charge in [0.05, 0.1) is 10.0 Å². The third-order valence-electron chi connectivity index (χ3n) is 2.23. The average Bonchev–Trinajstić information content (AvgIpc) is 2.33. The van der Waals surface area contributed by atoms with E-state index in [2.05, 4.69) is 10.6 Å². The molecule has 0 aliphatic rings. The SMILES string of the molecule is CN(C)CCNC(=O)C(=O)Nc1ccc(Cl)c(Cl)c1. The summed E-state index contributed by atoms with van der Waals surface area (Å²) in [6.07, 6.45) is 0. The van der Waals surface area contributed by atoms with E-state index in [0.717, 1.165) is 0 Å². The van der Waals surface area contributed by atoms with Gasteiger partial charge in [-0.15, -0.1) is 0 Å². The number of amides is 2. The van der Waals surface area contributed by atoms with E-state index in [1.54, 1.807) is 12.1 Å². The van der Waals surface area contributed by atoms with Crippen LogP contribution in [0.1, 0.15) is 0 Å². The Kier molecular flexibility index (Phi) is 6.08. The minimum atomic E-state index is -0.739. The van der Waals surface area contributed by atoms with Crippen molar-refractivity contribution in [1.82, 2.24) is 10.2 Å². The number of nitrogens with one attached hydrogen (secondary N) is 2. The molecule has 0 bridgehead atoms. The molecule has 0 atom stereocenters. The van der Waals surface area contributed by atoms with Gasteiger partial charge in [0.1, 0.15) is 0 Å². The molecule has 7 heteroatoms. The van der Waals surface area contributed by atoms with Crippen LogP contribution in [-0.4, -0.2) is 43.9 Å². The van der Waals surface area contributed by atoms with E-state index in [1.165, 1.54) is 6.07 Å². The van der Waals surface area contributed by atoms with Crippen LogP contribution in [-0.2, 0) is 9.59 Å². The third kappa shape index (κ3) is 5.46. The van der Waals surface area contributed by atoms with Gasteiger partial charge < -0.3 is 15.5 Å². The molecule has 0 fully saturated rings. The average molecular weight is 304 g/mol. The first-order valence-electron chi connectivity index (χ1n) is 5.59. The molecule has 0 aromatic heterocycles. The molecule has 0 aliphatic carbocycles. The number of carbonyl (C=O) groups excluding carboxylic acids is 2. The number of anilines is 1. The number of rotatable bonds is 4. The van der Waals surface area contributed by atoms with Crippen LogP contribution >= 0.6 is 23.2 Å². The molecule has 1 rings (SSSR count). The van der Waals surface area contributed by atoms with E-state index in [-0.39, 0.29) is 0 Å². The highest BCUT2D eigenvalue weighted by molar-refractivity contribution is 6.42. The van der Waals surface area contributed by atoms with Crippen molar-refractivity contribution in [2.24, 2.45) is 0 Å². The van der Waals surface area contributed by atoms with E-state index >= 15 is 0 Å². The Hall–Kier alpha value is -1.30. The zero-order valence-electron chi connectivity index (χ0n) is 10.7. The lowest BCUT2D eigenvalue weighted by atomic mass is 10.3. The summed E-state index contributed by atoms with van der Waals surface area (Å²) in [5.41, 5.74) is 0.419. The molecule has 2 amide bonds. The maximum atomic E-state index is 11.6. The second-order valence-electron chi connectivity index (χ2n) is 4.14. The molecule has 1 aromatic carbocycles. The van der Waals surface area contributed by atoms with Crippen LogP contribution in [0, 0.1) is 0 Å². The number of benzene rings is 1. The molecule has 0 unspecified atom stereocenters. The predicted molar refractivity (Wildman–Crippen MR) is 76.7 cm³/mol. The molecule has 0 saturated carbocycles. The summed E-state index contributed by atoms with van der Waals surface area (Å²) >= 11 is 11.6. The van der Waals surface area contributed by atoms with Gasteiger partial charge in [0, 0.05) is 18.8 Å². The van der Waals surface area contributed by atoms with Gasteiger partial charge in [-0.25, -0.2) is 0 Å². The maximum absolute atomic E-state index is 11.6. The molecule has 2 N–H and O–H groups in total. The summed E-state index contributed by atoms with van der Waals surface area (Å²) in [5, 5.41) is 5.65. The van der Waals surface area contributed by atoms with Crippen molar-refractivity contribution in [3.63, 3.8) is 0 Å². The van der Waals surface area contributed by atoms with Crippen molar-refractivity contribution in [3.05, 3.63) is 28.2 Å². The first-order chi connectivity index (χ1) is 8.90. The molecule has 0 saturated heterocycles. The van der Waals surface area contributed by atoms with Crippen LogP contribution in [0.25, 0.3) is 0 Å². The van der Waals surface area contributed by atoms with Crippen molar-refractivity contribution in [2.75, 3.05) is 32.5 Å². The van der Waals surface area contributed by atoms with Gasteiger partial charge in [-0.2, -0.15) is 0 Å². The predicted octanol–water partition coefficient (Wildman–Crippen LogP) is 1.61. The molecule has 104 valence electrons. The first-order valence-corrected chi connectivity index (χ1v) is 6.34. The lowest BCUT2D eigenvalue weighted by molar-refractivity contribution is -0.136. The van der Waals surface area contributed by atoms with Gasteiger partial charge >= 0.3 is 11.8 Å². The van der Waals surface area contributed by atoms with Crippen molar-refractivity contribution < 1.29 is 9.59 Å². The highest BCUT2D eigenvalue weighted by atomic mass is 35.5. The fraction of sp³-hybridized carbons (Fsp3) is 0.333. The molecule has 0 heterocycles. The Morgan fingerprint density at radius 1 is 1.16 bits per heavy atom. The lowest BCUT2D eigenvalue weighted by Crippen LogP contribution is -2.38. The summed E-state index contributed by atoms with van der Waals surface area (Å²) in [6, 6.07) is 4.59. The Balaban J connectivity index is 2.49. The number of nitrogens with zero attached hydrogens (tertiary/aromatic N) is 1. The Bertz CT molecular complexity index is 478. The van der Waals surface area contributed by atoms with Crippen LogP contribution in [0.2, 0.25) is 10.0 Å². The van der Waals surface area contributed by atoms with Crippen LogP contribution < -0.4 is 10.6 Å². The molecular formula is C12H15Cl2N3O2. The molecule has 0 aliphatic heterocycles. The van der Waals surface area contributed by atoms with E-state index in [1.807, 2.05) is 19.0 Å². The summed E-state index contributed by atoms with van der Waals surface area (Å²) in [6.45, 7) is 1.06. The lowest BCUT2D eigenvalue weighted by Gasteiger charge is -2.10. The van der Waals surface area contributed by atoms with Crippen LogP contribution in [0.5, 0.6) is 0 Å². The number of likely N-dealkylation sites (N-methyl/N-ethyl adjacent to an activating group) is 1. The van der Waals surface area contributed by atoms with Gasteiger partial charge in [-0.05, 0) is 32.3 Å². The molecule has 0 spiro atoms. The highest BCUT2D eigenvalue weighted by Gasteiger charge is 2.13. The summed E-state index contributed by atoms with van der Waals surface area (Å²) in [4.78, 5) is 25.0. The van der Waals surface area contributed by atoms with E-state index in [4.69, 9.17) is 23.2 Å². The second-order valence-corrected chi connectivity index (χ2v) is 4.96. The second kappa shape index (κ2) is 7.33. The number of hydrogen-bond acceptors (Lipinski definition) is 3. The smallest absolute Gasteiger partial charge is 0.313 e. The topological polar surface area (TPSA) is 61.4 Å². The van der Waals surface area contributed by atoms with Gasteiger partial charge in [0.2, 0.25) is 0 Å². The van der Waals surface area contributed by atoms with Crippen molar-refractivity contribution in [2.45, 2.75) is 0 Å². The number of halogens is 2. The Labute approximate surface area is 121 Å². The minimum absolute atomic E-state index is 0.312. The largest absolute Gasteiger partial charge is 0.347 e. The molecule has 1 aromatic rings. The van der Waals surface area contributed by atoms with E-state index < -0.39 is 11.8 Å². The minimum Gasteiger partial charge on any atom is -0.347 e. The van der Waals surface area contributed by atoms with Crippen molar-refractivity contribution in [1.29, 1.82) is 0 Å². The van der Waals surface area contributed by atoms with Gasteiger partial charge in [-0.3, -0.25) is 9.59 Å². The molecular weight excluding hydrogens is 289 g/mol.